The molecule has 1 aromatic heterocycles. The minimum Gasteiger partial charge on any atom is -0.497 e. The molecule has 3 nitrogen and oxygen atoms in total. The lowest BCUT2D eigenvalue weighted by Gasteiger charge is -2.07. The van der Waals surface area contributed by atoms with E-state index >= 15 is 0 Å². The highest BCUT2D eigenvalue weighted by molar-refractivity contribution is 5.47. The van der Waals surface area contributed by atoms with E-state index < -0.39 is 0 Å². The highest BCUT2D eigenvalue weighted by atomic mass is 16.5. The van der Waals surface area contributed by atoms with Crippen LogP contribution in [0.1, 0.15) is 5.56 Å². The number of hydrogen-bond acceptors (Lipinski definition) is 2. The Morgan fingerprint density at radius 2 is 1.88 bits per heavy atom. The first-order valence-corrected chi connectivity index (χ1v) is 5.24. The van der Waals surface area contributed by atoms with Gasteiger partial charge in [0, 0.05) is 18.0 Å². The zero-order chi connectivity index (χ0) is 12.3. The lowest BCUT2D eigenvalue weighted by molar-refractivity contribution is 0.414. The molecule has 0 aliphatic heterocycles. The molecule has 0 N–H and O–H groups in total. The summed E-state index contributed by atoms with van der Waals surface area (Å²) < 4.78 is 6.66. The SMILES string of the molecule is C=Cc1ccc(=O)n(-c2ccc(OC)cc2)c1. The molecular formula is C14H13NO2. The summed E-state index contributed by atoms with van der Waals surface area (Å²) >= 11 is 0. The van der Waals surface area contributed by atoms with E-state index in [0.717, 1.165) is 17.0 Å². The summed E-state index contributed by atoms with van der Waals surface area (Å²) in [6.45, 7) is 3.69. The van der Waals surface area contributed by atoms with Gasteiger partial charge in [0.25, 0.3) is 5.56 Å². The molecule has 0 bridgehead atoms. The maximum atomic E-state index is 11.7. The zero-order valence-electron chi connectivity index (χ0n) is 9.59. The van der Waals surface area contributed by atoms with Crippen LogP contribution in [0.5, 0.6) is 5.75 Å². The average Bonchev–Trinajstić information content (AvgIpc) is 2.39. The summed E-state index contributed by atoms with van der Waals surface area (Å²) in [4.78, 5) is 11.7. The quantitative estimate of drug-likeness (QED) is 0.806. The van der Waals surface area contributed by atoms with E-state index in [9.17, 15) is 4.79 Å². The molecule has 0 amide bonds. The summed E-state index contributed by atoms with van der Waals surface area (Å²) in [6.07, 6.45) is 3.47. The number of nitrogens with zero attached hydrogens (tertiary/aromatic N) is 1. The van der Waals surface area contributed by atoms with E-state index in [1.165, 1.54) is 6.07 Å². The zero-order valence-corrected chi connectivity index (χ0v) is 9.59. The largest absolute Gasteiger partial charge is 0.497 e. The number of methoxy groups -OCH3 is 1. The van der Waals surface area contributed by atoms with Crippen molar-refractivity contribution in [2.24, 2.45) is 0 Å². The molecule has 86 valence electrons. The summed E-state index contributed by atoms with van der Waals surface area (Å²) in [7, 11) is 1.61. The Morgan fingerprint density at radius 1 is 1.18 bits per heavy atom. The van der Waals surface area contributed by atoms with Crippen molar-refractivity contribution in [3.05, 3.63) is 65.1 Å². The molecule has 1 aromatic carbocycles. The molecule has 2 rings (SSSR count). The molecule has 0 fully saturated rings. The average molecular weight is 227 g/mol. The third-order valence-electron chi connectivity index (χ3n) is 2.52. The number of rotatable bonds is 3. The van der Waals surface area contributed by atoms with Crippen molar-refractivity contribution >= 4 is 6.08 Å². The third-order valence-corrected chi connectivity index (χ3v) is 2.52. The number of ether oxygens (including phenoxy) is 1. The Morgan fingerprint density at radius 3 is 2.47 bits per heavy atom. The molecular weight excluding hydrogens is 214 g/mol. The van der Waals surface area contributed by atoms with Crippen LogP contribution in [0.2, 0.25) is 0 Å². The molecule has 0 saturated heterocycles. The van der Waals surface area contributed by atoms with Gasteiger partial charge in [-0.25, -0.2) is 0 Å². The molecule has 1 heterocycles. The van der Waals surface area contributed by atoms with Crippen molar-refractivity contribution in [3.8, 4) is 11.4 Å². The maximum absolute atomic E-state index is 11.7. The van der Waals surface area contributed by atoms with Gasteiger partial charge < -0.3 is 4.74 Å². The van der Waals surface area contributed by atoms with Crippen LogP contribution in [-0.4, -0.2) is 11.7 Å². The fourth-order valence-electron chi connectivity index (χ4n) is 1.57. The molecule has 2 aromatic rings. The van der Waals surface area contributed by atoms with Gasteiger partial charge in [-0.15, -0.1) is 0 Å². The third kappa shape index (κ3) is 2.28. The second-order valence-electron chi connectivity index (χ2n) is 3.57. The number of aromatic nitrogens is 1. The normalized spacial score (nSPS) is 9.94. The van der Waals surface area contributed by atoms with Gasteiger partial charge in [-0.05, 0) is 35.9 Å². The van der Waals surface area contributed by atoms with Crippen LogP contribution in [0.4, 0.5) is 0 Å². The maximum Gasteiger partial charge on any atom is 0.255 e. The van der Waals surface area contributed by atoms with Crippen molar-refractivity contribution in [2.45, 2.75) is 0 Å². The van der Waals surface area contributed by atoms with Crippen LogP contribution in [0, 0.1) is 0 Å². The summed E-state index contributed by atoms with van der Waals surface area (Å²) in [5.74, 6) is 0.765. The van der Waals surface area contributed by atoms with Crippen LogP contribution in [0.25, 0.3) is 11.8 Å². The van der Waals surface area contributed by atoms with Gasteiger partial charge in [-0.3, -0.25) is 9.36 Å². The van der Waals surface area contributed by atoms with Crippen LogP contribution >= 0.6 is 0 Å². The first-order valence-electron chi connectivity index (χ1n) is 5.24. The summed E-state index contributed by atoms with van der Waals surface area (Å²) in [6, 6.07) is 10.6. The van der Waals surface area contributed by atoms with Crippen LogP contribution in [0.15, 0.2) is 54.0 Å². The first-order chi connectivity index (χ1) is 8.24. The van der Waals surface area contributed by atoms with Crippen molar-refractivity contribution in [1.29, 1.82) is 0 Å². The minimum atomic E-state index is -0.0687. The standard InChI is InChI=1S/C14H13NO2/c1-3-11-4-9-14(16)15(10-11)12-5-7-13(17-2)8-6-12/h3-10H,1H2,2H3. The Labute approximate surface area is 99.6 Å². The molecule has 3 heteroatoms. The van der Waals surface area contributed by atoms with Gasteiger partial charge in [0.1, 0.15) is 5.75 Å². The topological polar surface area (TPSA) is 31.2 Å². The lowest BCUT2D eigenvalue weighted by atomic mass is 10.2. The van der Waals surface area contributed by atoms with Gasteiger partial charge in [0.2, 0.25) is 0 Å². The number of benzene rings is 1. The Hall–Kier alpha value is -2.29. The van der Waals surface area contributed by atoms with E-state index in [-0.39, 0.29) is 5.56 Å². The predicted molar refractivity (Wildman–Crippen MR) is 68.7 cm³/mol. The first kappa shape index (κ1) is 11.2. The Kier molecular flexibility index (Phi) is 3.10. The monoisotopic (exact) mass is 227 g/mol. The molecule has 0 atom stereocenters. The van der Waals surface area contributed by atoms with E-state index in [0.29, 0.717) is 0 Å². The molecule has 0 aliphatic carbocycles. The Bertz CT molecular complexity index is 582. The van der Waals surface area contributed by atoms with Gasteiger partial charge >= 0.3 is 0 Å². The van der Waals surface area contributed by atoms with Crippen molar-refractivity contribution in [3.63, 3.8) is 0 Å². The van der Waals surface area contributed by atoms with Crippen molar-refractivity contribution in [2.75, 3.05) is 7.11 Å². The van der Waals surface area contributed by atoms with Gasteiger partial charge in [0.15, 0.2) is 0 Å². The van der Waals surface area contributed by atoms with Gasteiger partial charge in [0.05, 0.1) is 7.11 Å². The second kappa shape index (κ2) is 4.70. The highest BCUT2D eigenvalue weighted by Gasteiger charge is 2.00. The van der Waals surface area contributed by atoms with E-state index in [1.54, 1.807) is 30.0 Å². The summed E-state index contributed by atoms with van der Waals surface area (Å²) in [5, 5.41) is 0. The second-order valence-corrected chi connectivity index (χ2v) is 3.57. The minimum absolute atomic E-state index is 0.0687. The van der Waals surface area contributed by atoms with E-state index in [2.05, 4.69) is 6.58 Å². The number of pyridine rings is 1. The smallest absolute Gasteiger partial charge is 0.255 e. The van der Waals surface area contributed by atoms with E-state index in [4.69, 9.17) is 4.74 Å². The van der Waals surface area contributed by atoms with E-state index in [1.807, 2.05) is 24.3 Å². The van der Waals surface area contributed by atoms with Gasteiger partial charge in [-0.1, -0.05) is 12.7 Å². The lowest BCUT2D eigenvalue weighted by Crippen LogP contribution is -2.16. The van der Waals surface area contributed by atoms with Crippen LogP contribution in [-0.2, 0) is 0 Å². The van der Waals surface area contributed by atoms with Crippen molar-refractivity contribution < 1.29 is 4.74 Å². The fourth-order valence-corrected chi connectivity index (χ4v) is 1.57. The van der Waals surface area contributed by atoms with Crippen LogP contribution in [0.3, 0.4) is 0 Å². The van der Waals surface area contributed by atoms with Gasteiger partial charge in [-0.2, -0.15) is 0 Å². The van der Waals surface area contributed by atoms with Crippen molar-refractivity contribution in [1.82, 2.24) is 4.57 Å². The molecule has 0 saturated carbocycles. The Balaban J connectivity index is 2.51. The molecule has 0 spiro atoms. The molecule has 0 unspecified atom stereocenters. The number of hydrogen-bond donors (Lipinski definition) is 0. The molecule has 17 heavy (non-hydrogen) atoms. The fraction of sp³-hybridized carbons (Fsp3) is 0.0714. The summed E-state index contributed by atoms with van der Waals surface area (Å²) in [5.41, 5.74) is 1.64. The molecule has 0 radical (unpaired) electrons. The highest BCUT2D eigenvalue weighted by Crippen LogP contribution is 2.14. The van der Waals surface area contributed by atoms with Crippen LogP contribution < -0.4 is 10.3 Å². The predicted octanol–water partition coefficient (Wildman–Crippen LogP) is 2.49. The molecule has 0 aliphatic rings.